The van der Waals surface area contributed by atoms with E-state index in [4.69, 9.17) is 9.47 Å². The summed E-state index contributed by atoms with van der Waals surface area (Å²) in [5.74, 6) is 0.0472. The van der Waals surface area contributed by atoms with E-state index in [1.807, 2.05) is 36.4 Å². The Morgan fingerprint density at radius 1 is 0.742 bits per heavy atom. The predicted octanol–water partition coefficient (Wildman–Crippen LogP) is 3.73. The normalized spacial score (nSPS) is 18.0. The number of nitrogens with zero attached hydrogens (tertiary/aromatic N) is 2. The molecule has 0 unspecified atom stereocenters. The van der Waals surface area contributed by atoms with Crippen molar-refractivity contribution in [1.82, 2.24) is 0 Å². The Kier molecular flexibility index (Phi) is 5.61. The van der Waals surface area contributed by atoms with E-state index in [1.54, 1.807) is 38.1 Å². The molecule has 0 N–H and O–H groups in total. The number of hydrogen-bond acceptors (Lipinski definition) is 8. The van der Waals surface area contributed by atoms with Crippen LogP contribution >= 0.6 is 0 Å². The largest absolute Gasteiger partial charge is 0.457 e. The first-order valence-corrected chi connectivity index (χ1v) is 9.42. The first kappa shape index (κ1) is 20.1. The summed E-state index contributed by atoms with van der Waals surface area (Å²) in [6.07, 6.45) is 3.32. The summed E-state index contributed by atoms with van der Waals surface area (Å²) in [4.78, 5) is 33.0. The van der Waals surface area contributed by atoms with Gasteiger partial charge in [-0.3, -0.25) is 0 Å². The van der Waals surface area contributed by atoms with Crippen molar-refractivity contribution < 1.29 is 28.7 Å². The van der Waals surface area contributed by atoms with E-state index in [0.717, 1.165) is 0 Å². The molecule has 0 atom stereocenters. The van der Waals surface area contributed by atoms with Crippen molar-refractivity contribution in [2.75, 3.05) is 6.79 Å². The molecule has 2 aliphatic rings. The maximum absolute atomic E-state index is 11.8. The molecule has 2 aromatic carbocycles. The summed E-state index contributed by atoms with van der Waals surface area (Å²) in [7, 11) is 0. The van der Waals surface area contributed by atoms with Crippen LogP contribution in [0.1, 0.15) is 25.0 Å². The fourth-order valence-electron chi connectivity index (χ4n) is 2.97. The van der Waals surface area contributed by atoms with E-state index >= 15 is 0 Å². The molecule has 0 fully saturated rings. The molecule has 0 saturated heterocycles. The van der Waals surface area contributed by atoms with Gasteiger partial charge in [-0.05, 0) is 38.1 Å². The topological polar surface area (TPSA) is 95.8 Å². The summed E-state index contributed by atoms with van der Waals surface area (Å²) in [6.45, 7) is 3.30. The predicted molar refractivity (Wildman–Crippen MR) is 113 cm³/mol. The summed E-state index contributed by atoms with van der Waals surface area (Å²) in [6, 6.07) is 14.5. The molecular formula is C23H18N2O6. The van der Waals surface area contributed by atoms with Crippen LogP contribution in [0.4, 0.5) is 0 Å². The molecule has 8 nitrogen and oxygen atoms in total. The summed E-state index contributed by atoms with van der Waals surface area (Å²) < 4.78 is 11.6. The number of ether oxygens (including phenoxy) is 2. The summed E-state index contributed by atoms with van der Waals surface area (Å²) in [5, 5.41) is 7.35. The second kappa shape index (κ2) is 8.66. The van der Waals surface area contributed by atoms with Crippen molar-refractivity contribution in [1.29, 1.82) is 0 Å². The Bertz CT molecular complexity index is 1080. The van der Waals surface area contributed by atoms with Gasteiger partial charge in [0.1, 0.15) is 11.5 Å². The molecule has 0 saturated carbocycles. The monoisotopic (exact) mass is 418 g/mol. The van der Waals surface area contributed by atoms with Crippen LogP contribution in [0.15, 0.2) is 70.0 Å². The van der Waals surface area contributed by atoms with Gasteiger partial charge < -0.3 is 19.1 Å². The lowest BCUT2D eigenvalue weighted by Gasteiger charge is -2.12. The first-order valence-electron chi connectivity index (χ1n) is 9.42. The Balaban J connectivity index is 1.50. The van der Waals surface area contributed by atoms with Gasteiger partial charge in [-0.15, -0.1) is 0 Å². The SMILES string of the molecule is CC1=NOC(=O)/C1=C\c1ccccc1OCOc1ccccc1/C=C1/C(=O)ON=C1C. The van der Waals surface area contributed by atoms with Crippen molar-refractivity contribution in [3.63, 3.8) is 0 Å². The van der Waals surface area contributed by atoms with Crippen LogP contribution in [0.5, 0.6) is 11.5 Å². The number of carbonyl (C=O) groups excluding carboxylic acids is 2. The van der Waals surface area contributed by atoms with Crippen molar-refractivity contribution in [3.8, 4) is 11.5 Å². The van der Waals surface area contributed by atoms with Gasteiger partial charge >= 0.3 is 11.9 Å². The molecule has 0 aliphatic carbocycles. The van der Waals surface area contributed by atoms with E-state index in [2.05, 4.69) is 20.0 Å². The van der Waals surface area contributed by atoms with E-state index in [9.17, 15) is 9.59 Å². The highest BCUT2D eigenvalue weighted by Crippen LogP contribution is 2.26. The van der Waals surface area contributed by atoms with Crippen LogP contribution in [0.25, 0.3) is 12.2 Å². The smallest absolute Gasteiger partial charge is 0.367 e. The molecule has 8 heteroatoms. The van der Waals surface area contributed by atoms with Crippen LogP contribution in [0, 0.1) is 0 Å². The molecule has 0 radical (unpaired) electrons. The van der Waals surface area contributed by atoms with Gasteiger partial charge in [0.05, 0.1) is 22.6 Å². The third-order valence-corrected chi connectivity index (χ3v) is 4.62. The number of carbonyl (C=O) groups is 2. The Labute approximate surface area is 178 Å². The first-order chi connectivity index (χ1) is 15.0. The minimum absolute atomic E-state index is 0.0879. The number of hydrogen-bond donors (Lipinski definition) is 0. The number of oxime groups is 2. The lowest BCUT2D eigenvalue weighted by Crippen LogP contribution is -2.08. The summed E-state index contributed by atoms with van der Waals surface area (Å²) in [5.41, 5.74) is 3.12. The van der Waals surface area contributed by atoms with Gasteiger partial charge in [0, 0.05) is 11.1 Å². The number of benzene rings is 2. The van der Waals surface area contributed by atoms with Crippen molar-refractivity contribution in [3.05, 3.63) is 70.8 Å². The van der Waals surface area contributed by atoms with Crippen LogP contribution in [0.2, 0.25) is 0 Å². The van der Waals surface area contributed by atoms with E-state index in [0.29, 0.717) is 45.2 Å². The van der Waals surface area contributed by atoms with Gasteiger partial charge in [-0.25, -0.2) is 9.59 Å². The van der Waals surface area contributed by atoms with E-state index < -0.39 is 11.9 Å². The van der Waals surface area contributed by atoms with Gasteiger partial charge in [0.25, 0.3) is 0 Å². The third-order valence-electron chi connectivity index (χ3n) is 4.62. The maximum atomic E-state index is 11.8. The van der Waals surface area contributed by atoms with Crippen LogP contribution < -0.4 is 9.47 Å². The Morgan fingerprint density at radius 3 is 1.55 bits per heavy atom. The van der Waals surface area contributed by atoms with Gasteiger partial charge in [-0.2, -0.15) is 0 Å². The third kappa shape index (κ3) is 4.37. The van der Waals surface area contributed by atoms with E-state index in [1.165, 1.54) is 0 Å². The van der Waals surface area contributed by atoms with Gasteiger partial charge in [-0.1, -0.05) is 46.7 Å². The van der Waals surface area contributed by atoms with Crippen LogP contribution in [-0.2, 0) is 19.3 Å². The quantitative estimate of drug-likeness (QED) is 0.403. The Hall–Kier alpha value is -4.20. The molecule has 0 amide bonds. The molecule has 156 valence electrons. The standard InChI is InChI=1S/C23H18N2O6/c1-14-18(22(26)30-24-14)11-16-7-3-5-9-20(16)28-13-29-21-10-6-4-8-17(21)12-19-15(2)25-31-23(19)27/h3-12H,13H2,1-2H3/b18-11-,19-12+. The molecule has 0 spiro atoms. The fourth-order valence-corrected chi connectivity index (χ4v) is 2.97. The summed E-state index contributed by atoms with van der Waals surface area (Å²) >= 11 is 0. The maximum Gasteiger partial charge on any atom is 0.367 e. The minimum Gasteiger partial charge on any atom is -0.457 e. The van der Waals surface area contributed by atoms with Crippen molar-refractivity contribution >= 4 is 35.5 Å². The average Bonchev–Trinajstić information content (AvgIpc) is 3.26. The van der Waals surface area contributed by atoms with Crippen molar-refractivity contribution in [2.24, 2.45) is 10.3 Å². The molecule has 2 heterocycles. The minimum atomic E-state index is -0.505. The number of para-hydroxylation sites is 2. The van der Waals surface area contributed by atoms with Crippen LogP contribution in [-0.4, -0.2) is 30.2 Å². The van der Waals surface area contributed by atoms with E-state index in [-0.39, 0.29) is 6.79 Å². The Morgan fingerprint density at radius 2 is 1.16 bits per heavy atom. The molecule has 0 aromatic heterocycles. The molecule has 2 aliphatic heterocycles. The zero-order chi connectivity index (χ0) is 21.8. The molecule has 4 rings (SSSR count). The second-order valence-electron chi connectivity index (χ2n) is 6.71. The molecular weight excluding hydrogens is 400 g/mol. The highest BCUT2D eigenvalue weighted by molar-refractivity contribution is 6.25. The van der Waals surface area contributed by atoms with Crippen molar-refractivity contribution in [2.45, 2.75) is 13.8 Å². The van der Waals surface area contributed by atoms with Crippen LogP contribution in [0.3, 0.4) is 0 Å². The number of rotatable bonds is 6. The second-order valence-corrected chi connectivity index (χ2v) is 6.71. The zero-order valence-corrected chi connectivity index (χ0v) is 16.8. The highest BCUT2D eigenvalue weighted by atomic mass is 16.7. The lowest BCUT2D eigenvalue weighted by molar-refractivity contribution is -0.137. The van der Waals surface area contributed by atoms with Gasteiger partial charge in [0.15, 0.2) is 0 Å². The fraction of sp³-hybridized carbons (Fsp3) is 0.130. The average molecular weight is 418 g/mol. The molecule has 31 heavy (non-hydrogen) atoms. The molecule has 0 bridgehead atoms. The molecule has 2 aromatic rings. The zero-order valence-electron chi connectivity index (χ0n) is 16.8. The highest BCUT2D eigenvalue weighted by Gasteiger charge is 2.23. The van der Waals surface area contributed by atoms with Gasteiger partial charge in [0.2, 0.25) is 6.79 Å². The lowest BCUT2D eigenvalue weighted by atomic mass is 10.1.